The maximum Gasteiger partial charge on any atom is 0.244 e. The SMILES string of the molecule is CNc1ncc(Br)cc1S(=O)(=O)NCc1ccccn1. The molecule has 0 amide bonds. The molecule has 0 aromatic carbocycles. The molecule has 0 aliphatic carbocycles. The van der Waals surface area contributed by atoms with E-state index in [9.17, 15) is 8.42 Å². The van der Waals surface area contributed by atoms with Crippen LogP contribution in [0.1, 0.15) is 5.69 Å². The van der Waals surface area contributed by atoms with Crippen LogP contribution in [0, 0.1) is 0 Å². The number of nitrogens with zero attached hydrogens (tertiary/aromatic N) is 2. The van der Waals surface area contributed by atoms with E-state index in [1.54, 1.807) is 31.4 Å². The van der Waals surface area contributed by atoms with Crippen LogP contribution >= 0.6 is 15.9 Å². The van der Waals surface area contributed by atoms with E-state index in [0.717, 1.165) is 0 Å². The Morgan fingerprint density at radius 1 is 1.30 bits per heavy atom. The topological polar surface area (TPSA) is 84.0 Å². The molecule has 0 bridgehead atoms. The van der Waals surface area contributed by atoms with Gasteiger partial charge in [0.2, 0.25) is 10.0 Å². The Balaban J connectivity index is 2.24. The Morgan fingerprint density at radius 2 is 2.10 bits per heavy atom. The highest BCUT2D eigenvalue weighted by atomic mass is 79.9. The van der Waals surface area contributed by atoms with Gasteiger partial charge in [0.1, 0.15) is 10.7 Å². The number of pyridine rings is 2. The molecule has 6 nitrogen and oxygen atoms in total. The molecule has 2 heterocycles. The third kappa shape index (κ3) is 3.53. The van der Waals surface area contributed by atoms with Gasteiger partial charge in [0, 0.05) is 23.9 Å². The predicted molar refractivity (Wildman–Crippen MR) is 79.7 cm³/mol. The Bertz CT molecular complexity index is 692. The highest BCUT2D eigenvalue weighted by Crippen LogP contribution is 2.22. The number of sulfonamides is 1. The number of halogens is 1. The van der Waals surface area contributed by atoms with Crippen molar-refractivity contribution < 1.29 is 8.42 Å². The van der Waals surface area contributed by atoms with E-state index in [2.05, 4.69) is 35.9 Å². The predicted octanol–water partition coefficient (Wildman–Crippen LogP) is 1.76. The van der Waals surface area contributed by atoms with E-state index >= 15 is 0 Å². The summed E-state index contributed by atoms with van der Waals surface area (Å²) in [7, 11) is -2.05. The highest BCUT2D eigenvalue weighted by Gasteiger charge is 2.19. The molecular weight excluding hydrogens is 344 g/mol. The molecule has 2 aromatic rings. The van der Waals surface area contributed by atoms with Gasteiger partial charge in [0.05, 0.1) is 12.2 Å². The zero-order valence-corrected chi connectivity index (χ0v) is 13.1. The van der Waals surface area contributed by atoms with Crippen LogP contribution in [0.15, 0.2) is 46.0 Å². The molecule has 0 atom stereocenters. The van der Waals surface area contributed by atoms with E-state index < -0.39 is 10.0 Å². The Morgan fingerprint density at radius 3 is 2.75 bits per heavy atom. The molecule has 2 rings (SSSR count). The van der Waals surface area contributed by atoms with Crippen LogP contribution in [0.25, 0.3) is 0 Å². The van der Waals surface area contributed by atoms with E-state index in [1.165, 1.54) is 12.3 Å². The normalized spacial score (nSPS) is 11.3. The van der Waals surface area contributed by atoms with Crippen molar-refractivity contribution in [2.24, 2.45) is 0 Å². The summed E-state index contributed by atoms with van der Waals surface area (Å²) in [4.78, 5) is 8.18. The largest absolute Gasteiger partial charge is 0.372 e. The van der Waals surface area contributed by atoms with Gasteiger partial charge >= 0.3 is 0 Å². The van der Waals surface area contributed by atoms with Gasteiger partial charge in [-0.05, 0) is 34.1 Å². The van der Waals surface area contributed by atoms with Crippen LogP contribution < -0.4 is 10.0 Å². The van der Waals surface area contributed by atoms with Gasteiger partial charge in [-0.2, -0.15) is 0 Å². The van der Waals surface area contributed by atoms with Crippen molar-refractivity contribution in [2.45, 2.75) is 11.4 Å². The van der Waals surface area contributed by atoms with E-state index in [-0.39, 0.29) is 11.4 Å². The van der Waals surface area contributed by atoms with Gasteiger partial charge in [-0.1, -0.05) is 6.07 Å². The molecule has 20 heavy (non-hydrogen) atoms. The minimum atomic E-state index is -3.67. The molecule has 0 spiro atoms. The molecule has 0 aliphatic heterocycles. The standard InChI is InChI=1S/C12H13BrN4O2S/c1-14-12-11(6-9(13)7-16-12)20(18,19)17-8-10-4-2-3-5-15-10/h2-7,17H,8H2,1H3,(H,14,16). The fourth-order valence-corrected chi connectivity index (χ4v) is 3.23. The Labute approximate surface area is 125 Å². The van der Waals surface area contributed by atoms with Crippen LogP contribution in [0.4, 0.5) is 5.82 Å². The minimum Gasteiger partial charge on any atom is -0.372 e. The first kappa shape index (κ1) is 14.9. The van der Waals surface area contributed by atoms with Gasteiger partial charge in [0.15, 0.2) is 0 Å². The summed E-state index contributed by atoms with van der Waals surface area (Å²) in [6, 6.07) is 6.83. The summed E-state index contributed by atoms with van der Waals surface area (Å²) in [5, 5.41) is 2.76. The monoisotopic (exact) mass is 356 g/mol. The highest BCUT2D eigenvalue weighted by molar-refractivity contribution is 9.10. The number of hydrogen-bond donors (Lipinski definition) is 2. The lowest BCUT2D eigenvalue weighted by molar-refractivity contribution is 0.580. The van der Waals surface area contributed by atoms with E-state index in [1.807, 2.05) is 0 Å². The number of anilines is 1. The summed E-state index contributed by atoms with van der Waals surface area (Å²) in [6.45, 7) is 0.124. The number of hydrogen-bond acceptors (Lipinski definition) is 5. The summed E-state index contributed by atoms with van der Waals surface area (Å²) < 4.78 is 27.7. The van der Waals surface area contributed by atoms with Crippen molar-refractivity contribution in [3.05, 3.63) is 46.8 Å². The molecule has 0 saturated carbocycles. The number of aromatic nitrogens is 2. The molecule has 0 aliphatic rings. The van der Waals surface area contributed by atoms with Gasteiger partial charge in [-0.15, -0.1) is 0 Å². The van der Waals surface area contributed by atoms with Gasteiger partial charge in [-0.3, -0.25) is 4.98 Å². The van der Waals surface area contributed by atoms with Gasteiger partial charge < -0.3 is 5.32 Å². The zero-order valence-electron chi connectivity index (χ0n) is 10.7. The molecule has 106 valence electrons. The lowest BCUT2D eigenvalue weighted by atomic mass is 10.4. The van der Waals surface area contributed by atoms with Crippen LogP contribution in [-0.2, 0) is 16.6 Å². The van der Waals surface area contributed by atoms with Crippen LogP contribution in [0.3, 0.4) is 0 Å². The van der Waals surface area contributed by atoms with Crippen molar-refractivity contribution >= 4 is 31.8 Å². The van der Waals surface area contributed by atoms with Crippen molar-refractivity contribution in [3.8, 4) is 0 Å². The second-order valence-electron chi connectivity index (χ2n) is 3.90. The average molecular weight is 357 g/mol. The third-order valence-electron chi connectivity index (χ3n) is 2.52. The fraction of sp³-hybridized carbons (Fsp3) is 0.167. The quantitative estimate of drug-likeness (QED) is 0.852. The summed E-state index contributed by atoms with van der Waals surface area (Å²) in [5.74, 6) is 0.293. The molecule has 0 radical (unpaired) electrons. The summed E-state index contributed by atoms with van der Waals surface area (Å²) in [6.07, 6.45) is 3.15. The van der Waals surface area contributed by atoms with Crippen molar-refractivity contribution in [1.82, 2.24) is 14.7 Å². The van der Waals surface area contributed by atoms with Gasteiger partial charge in [-0.25, -0.2) is 18.1 Å². The van der Waals surface area contributed by atoms with E-state index in [4.69, 9.17) is 0 Å². The lowest BCUT2D eigenvalue weighted by Gasteiger charge is -2.10. The second kappa shape index (κ2) is 6.29. The van der Waals surface area contributed by atoms with E-state index in [0.29, 0.717) is 16.0 Å². The zero-order chi connectivity index (χ0) is 14.6. The van der Waals surface area contributed by atoms with Crippen LogP contribution in [0.5, 0.6) is 0 Å². The minimum absolute atomic E-state index is 0.0882. The molecule has 8 heteroatoms. The number of nitrogens with one attached hydrogen (secondary N) is 2. The van der Waals surface area contributed by atoms with Crippen LogP contribution in [-0.4, -0.2) is 25.4 Å². The number of rotatable bonds is 5. The average Bonchev–Trinajstić information content (AvgIpc) is 2.46. The maximum absolute atomic E-state index is 12.3. The molecule has 0 saturated heterocycles. The first-order chi connectivity index (χ1) is 9.53. The first-order valence-corrected chi connectivity index (χ1v) is 8.03. The first-order valence-electron chi connectivity index (χ1n) is 5.76. The van der Waals surface area contributed by atoms with Crippen molar-refractivity contribution in [2.75, 3.05) is 12.4 Å². The molecule has 2 aromatic heterocycles. The lowest BCUT2D eigenvalue weighted by Crippen LogP contribution is -2.24. The maximum atomic E-state index is 12.3. The summed E-state index contributed by atoms with van der Waals surface area (Å²) >= 11 is 3.22. The Kier molecular flexibility index (Phi) is 4.69. The van der Waals surface area contributed by atoms with Crippen LogP contribution in [0.2, 0.25) is 0 Å². The third-order valence-corrected chi connectivity index (χ3v) is 4.36. The van der Waals surface area contributed by atoms with Crippen molar-refractivity contribution in [3.63, 3.8) is 0 Å². The molecule has 0 fully saturated rings. The Hall–Kier alpha value is -1.51. The smallest absolute Gasteiger partial charge is 0.244 e. The summed E-state index contributed by atoms with van der Waals surface area (Å²) in [5.41, 5.74) is 0.644. The molecule has 2 N–H and O–H groups in total. The molecule has 0 unspecified atom stereocenters. The van der Waals surface area contributed by atoms with Crippen molar-refractivity contribution in [1.29, 1.82) is 0 Å². The molecular formula is C12H13BrN4O2S. The fourth-order valence-electron chi connectivity index (χ4n) is 1.56. The van der Waals surface area contributed by atoms with Gasteiger partial charge in [0.25, 0.3) is 0 Å². The second-order valence-corrected chi connectivity index (χ2v) is 6.55.